The number of halogens is 3. The van der Waals surface area contributed by atoms with E-state index < -0.39 is 29.9 Å². The van der Waals surface area contributed by atoms with Gasteiger partial charge in [-0.1, -0.05) is 12.1 Å². The van der Waals surface area contributed by atoms with E-state index >= 15 is 0 Å². The highest BCUT2D eigenvalue weighted by molar-refractivity contribution is 5.97. The van der Waals surface area contributed by atoms with Crippen molar-refractivity contribution in [1.29, 1.82) is 0 Å². The van der Waals surface area contributed by atoms with E-state index in [9.17, 15) is 18.0 Å². The molecule has 9 heteroatoms. The SMILES string of the molecule is C[C@@H]1Oc2ccccc2O[C@H]1C(=O)Nc1cc(C(F)(F)F)ccc1-n1cccn1. The van der Waals surface area contributed by atoms with Crippen molar-refractivity contribution in [1.82, 2.24) is 9.78 Å². The Bertz CT molecular complexity index is 1030. The Kier molecular flexibility index (Phi) is 4.65. The molecule has 150 valence electrons. The van der Waals surface area contributed by atoms with Crippen molar-refractivity contribution < 1.29 is 27.4 Å². The molecule has 3 aromatic rings. The van der Waals surface area contributed by atoms with Crippen LogP contribution < -0.4 is 14.8 Å². The summed E-state index contributed by atoms with van der Waals surface area (Å²) in [5.41, 5.74) is -0.632. The third-order valence-electron chi connectivity index (χ3n) is 4.43. The zero-order chi connectivity index (χ0) is 20.6. The maximum atomic E-state index is 13.2. The van der Waals surface area contributed by atoms with Gasteiger partial charge in [-0.05, 0) is 43.3 Å². The summed E-state index contributed by atoms with van der Waals surface area (Å²) in [5, 5.41) is 6.57. The molecule has 2 atom stereocenters. The van der Waals surface area contributed by atoms with E-state index in [4.69, 9.17) is 9.47 Å². The number of aromatic nitrogens is 2. The minimum absolute atomic E-state index is 0.0387. The van der Waals surface area contributed by atoms with Gasteiger partial charge in [-0.25, -0.2) is 4.68 Å². The van der Waals surface area contributed by atoms with Crippen molar-refractivity contribution in [2.45, 2.75) is 25.3 Å². The molecule has 1 aliphatic heterocycles. The zero-order valence-electron chi connectivity index (χ0n) is 15.2. The number of nitrogens with one attached hydrogen (secondary N) is 1. The van der Waals surface area contributed by atoms with Gasteiger partial charge in [0.05, 0.1) is 16.9 Å². The summed E-state index contributed by atoms with van der Waals surface area (Å²) in [6, 6.07) is 11.6. The molecule has 0 saturated carbocycles. The fourth-order valence-corrected chi connectivity index (χ4v) is 3.03. The minimum atomic E-state index is -4.56. The van der Waals surface area contributed by atoms with Crippen molar-refractivity contribution in [3.05, 3.63) is 66.5 Å². The molecule has 1 aromatic heterocycles. The zero-order valence-corrected chi connectivity index (χ0v) is 15.2. The average Bonchev–Trinajstić information content (AvgIpc) is 3.21. The Morgan fingerprint density at radius 2 is 1.83 bits per heavy atom. The van der Waals surface area contributed by atoms with Crippen molar-refractivity contribution in [3.63, 3.8) is 0 Å². The lowest BCUT2D eigenvalue weighted by molar-refractivity contribution is -0.137. The van der Waals surface area contributed by atoms with Gasteiger partial charge in [-0.3, -0.25) is 4.79 Å². The molecule has 0 radical (unpaired) electrons. The Morgan fingerprint density at radius 3 is 2.48 bits per heavy atom. The molecular formula is C20H16F3N3O3. The van der Waals surface area contributed by atoms with Gasteiger partial charge in [0.1, 0.15) is 6.10 Å². The molecule has 1 amide bonds. The monoisotopic (exact) mass is 403 g/mol. The summed E-state index contributed by atoms with van der Waals surface area (Å²) in [7, 11) is 0. The van der Waals surface area contributed by atoms with Crippen molar-refractivity contribution >= 4 is 11.6 Å². The van der Waals surface area contributed by atoms with Crippen molar-refractivity contribution in [3.8, 4) is 17.2 Å². The Hall–Kier alpha value is -3.49. The van der Waals surface area contributed by atoms with Crippen LogP contribution >= 0.6 is 0 Å². The predicted octanol–water partition coefficient (Wildman–Crippen LogP) is 4.06. The van der Waals surface area contributed by atoms with E-state index in [0.29, 0.717) is 17.2 Å². The van der Waals surface area contributed by atoms with Crippen LogP contribution in [0.15, 0.2) is 60.9 Å². The molecule has 2 aromatic carbocycles. The molecule has 0 aliphatic carbocycles. The molecule has 0 fully saturated rings. The third-order valence-corrected chi connectivity index (χ3v) is 4.43. The number of nitrogens with zero attached hydrogens (tertiary/aromatic N) is 2. The number of benzene rings is 2. The number of hydrogen-bond acceptors (Lipinski definition) is 4. The molecule has 0 unspecified atom stereocenters. The van der Waals surface area contributed by atoms with Crippen LogP contribution in [0.25, 0.3) is 5.69 Å². The van der Waals surface area contributed by atoms with Crippen LogP contribution in [0, 0.1) is 0 Å². The quantitative estimate of drug-likeness (QED) is 0.716. The normalized spacial score (nSPS) is 18.3. The molecule has 2 heterocycles. The number of carbonyl (C=O) groups excluding carboxylic acids is 1. The number of hydrogen-bond donors (Lipinski definition) is 1. The molecule has 29 heavy (non-hydrogen) atoms. The number of rotatable bonds is 3. The molecule has 0 saturated heterocycles. The third kappa shape index (κ3) is 3.75. The first-order valence-electron chi connectivity index (χ1n) is 8.77. The first-order chi connectivity index (χ1) is 13.8. The van der Waals surface area contributed by atoms with Crippen LogP contribution in [0.4, 0.5) is 18.9 Å². The largest absolute Gasteiger partial charge is 0.482 e. The van der Waals surface area contributed by atoms with E-state index in [1.807, 2.05) is 0 Å². The van der Waals surface area contributed by atoms with Gasteiger partial charge in [-0.2, -0.15) is 18.3 Å². The van der Waals surface area contributed by atoms with Gasteiger partial charge in [0.2, 0.25) is 6.10 Å². The van der Waals surface area contributed by atoms with Gasteiger partial charge in [0.15, 0.2) is 11.5 Å². The number of amides is 1. The van der Waals surface area contributed by atoms with Crippen LogP contribution in [0.2, 0.25) is 0 Å². The summed E-state index contributed by atoms with van der Waals surface area (Å²) in [6.45, 7) is 1.65. The predicted molar refractivity (Wildman–Crippen MR) is 98.1 cm³/mol. The highest BCUT2D eigenvalue weighted by Gasteiger charge is 2.35. The number of para-hydroxylation sites is 2. The summed E-state index contributed by atoms with van der Waals surface area (Å²) in [5.74, 6) is 0.266. The second-order valence-corrected chi connectivity index (χ2v) is 6.48. The lowest BCUT2D eigenvalue weighted by Crippen LogP contribution is -2.46. The second-order valence-electron chi connectivity index (χ2n) is 6.48. The Morgan fingerprint density at radius 1 is 1.10 bits per heavy atom. The van der Waals surface area contributed by atoms with Crippen molar-refractivity contribution in [2.24, 2.45) is 0 Å². The second kappa shape index (κ2) is 7.16. The van der Waals surface area contributed by atoms with E-state index in [0.717, 1.165) is 12.1 Å². The van der Waals surface area contributed by atoms with Crippen molar-refractivity contribution in [2.75, 3.05) is 5.32 Å². The summed E-state index contributed by atoms with van der Waals surface area (Å²) in [6.07, 6.45) is -3.18. The van der Waals surface area contributed by atoms with E-state index in [2.05, 4.69) is 10.4 Å². The first kappa shape index (κ1) is 18.9. The van der Waals surface area contributed by atoms with Crippen LogP contribution in [-0.4, -0.2) is 27.9 Å². The Labute approximate surface area is 163 Å². The van der Waals surface area contributed by atoms with Gasteiger partial charge < -0.3 is 14.8 Å². The van der Waals surface area contributed by atoms with Crippen LogP contribution in [0.1, 0.15) is 12.5 Å². The van der Waals surface area contributed by atoms with Crippen LogP contribution in [0.3, 0.4) is 0 Å². The summed E-state index contributed by atoms with van der Waals surface area (Å²) < 4.78 is 52.3. The lowest BCUT2D eigenvalue weighted by atomic mass is 10.1. The fraction of sp³-hybridized carbons (Fsp3) is 0.200. The minimum Gasteiger partial charge on any atom is -0.482 e. The van der Waals surface area contributed by atoms with Gasteiger partial charge in [0.25, 0.3) is 5.91 Å². The fourth-order valence-electron chi connectivity index (χ4n) is 3.03. The molecule has 6 nitrogen and oxygen atoms in total. The molecule has 4 rings (SSSR count). The first-order valence-corrected chi connectivity index (χ1v) is 8.77. The van der Waals surface area contributed by atoms with Gasteiger partial charge >= 0.3 is 6.18 Å². The molecular weight excluding hydrogens is 387 g/mol. The summed E-state index contributed by atoms with van der Waals surface area (Å²) >= 11 is 0. The Balaban J connectivity index is 1.65. The molecule has 0 bridgehead atoms. The van der Waals surface area contributed by atoms with Gasteiger partial charge in [0, 0.05) is 12.4 Å². The number of fused-ring (bicyclic) bond motifs is 1. The number of ether oxygens (including phenoxy) is 2. The lowest BCUT2D eigenvalue weighted by Gasteiger charge is -2.31. The van der Waals surface area contributed by atoms with E-state index in [1.165, 1.54) is 16.9 Å². The smallest absolute Gasteiger partial charge is 0.416 e. The van der Waals surface area contributed by atoms with Gasteiger partial charge in [-0.15, -0.1) is 0 Å². The van der Waals surface area contributed by atoms with Crippen LogP contribution in [0.5, 0.6) is 11.5 Å². The maximum absolute atomic E-state index is 13.2. The van der Waals surface area contributed by atoms with Crippen LogP contribution in [-0.2, 0) is 11.0 Å². The highest BCUT2D eigenvalue weighted by Crippen LogP contribution is 2.35. The molecule has 1 N–H and O–H groups in total. The average molecular weight is 403 g/mol. The van der Waals surface area contributed by atoms with E-state index in [1.54, 1.807) is 43.5 Å². The standard InChI is InChI=1S/C20H16F3N3O3/c1-12-18(29-17-6-3-2-5-16(17)28-12)19(27)25-14-11-13(20(21,22)23)7-8-15(14)26-10-4-9-24-26/h2-12,18H,1H3,(H,25,27)/t12-,18+/m0/s1. The number of carbonyl (C=O) groups is 1. The number of alkyl halides is 3. The summed E-state index contributed by atoms with van der Waals surface area (Å²) in [4.78, 5) is 12.8. The van der Waals surface area contributed by atoms with E-state index in [-0.39, 0.29) is 5.69 Å². The highest BCUT2D eigenvalue weighted by atomic mass is 19.4. The molecule has 0 spiro atoms. The number of anilines is 1. The maximum Gasteiger partial charge on any atom is 0.416 e. The molecule has 1 aliphatic rings. The topological polar surface area (TPSA) is 65.4 Å².